The molecule has 0 unspecified atom stereocenters. The van der Waals surface area contributed by atoms with Gasteiger partial charge in [0.05, 0.1) is 6.61 Å². The first-order valence-electron chi connectivity index (χ1n) is 5.66. The Hall–Kier alpha value is -0.870. The standard InChI is InChI=1S/C13H17BrO3/c1-3-6-16-7-8-17-11-4-5-12(10(2)15)13(14)9-11/h4-5,9H,3,6-8H2,1-2H3. The predicted molar refractivity (Wildman–Crippen MR) is 70.8 cm³/mol. The van der Waals surface area contributed by atoms with Crippen molar-refractivity contribution in [1.82, 2.24) is 0 Å². The van der Waals surface area contributed by atoms with Crippen LogP contribution in [0.25, 0.3) is 0 Å². The minimum absolute atomic E-state index is 0.0368. The second kappa shape index (κ2) is 7.45. The van der Waals surface area contributed by atoms with Crippen molar-refractivity contribution >= 4 is 21.7 Å². The van der Waals surface area contributed by atoms with Crippen LogP contribution in [0, 0.1) is 0 Å². The van der Waals surface area contributed by atoms with Gasteiger partial charge in [0.15, 0.2) is 5.78 Å². The summed E-state index contributed by atoms with van der Waals surface area (Å²) in [7, 11) is 0. The molecule has 0 N–H and O–H groups in total. The first-order chi connectivity index (χ1) is 8.15. The summed E-state index contributed by atoms with van der Waals surface area (Å²) in [5, 5.41) is 0. The van der Waals surface area contributed by atoms with Crippen LogP contribution in [-0.2, 0) is 4.74 Å². The fourth-order valence-electron chi connectivity index (χ4n) is 1.34. The van der Waals surface area contributed by atoms with Crippen LogP contribution in [0.3, 0.4) is 0 Å². The minimum atomic E-state index is 0.0368. The molecule has 0 aromatic heterocycles. The molecule has 1 aromatic carbocycles. The van der Waals surface area contributed by atoms with E-state index < -0.39 is 0 Å². The Morgan fingerprint density at radius 3 is 2.65 bits per heavy atom. The molecule has 4 heteroatoms. The summed E-state index contributed by atoms with van der Waals surface area (Å²) >= 11 is 3.35. The van der Waals surface area contributed by atoms with Crippen molar-refractivity contribution in [1.29, 1.82) is 0 Å². The highest BCUT2D eigenvalue weighted by molar-refractivity contribution is 9.10. The second-order valence-electron chi connectivity index (χ2n) is 3.66. The monoisotopic (exact) mass is 300 g/mol. The third-order valence-electron chi connectivity index (χ3n) is 2.16. The Kier molecular flexibility index (Phi) is 6.22. The van der Waals surface area contributed by atoms with Gasteiger partial charge in [-0.3, -0.25) is 4.79 Å². The van der Waals surface area contributed by atoms with Crippen LogP contribution >= 0.6 is 15.9 Å². The summed E-state index contributed by atoms with van der Waals surface area (Å²) in [6.07, 6.45) is 1.01. The summed E-state index contributed by atoms with van der Waals surface area (Å²) in [6, 6.07) is 5.35. The van der Waals surface area contributed by atoms with Gasteiger partial charge in [-0.2, -0.15) is 0 Å². The fourth-order valence-corrected chi connectivity index (χ4v) is 1.97. The number of Topliss-reactive ketones (excluding diaryl/α,β-unsaturated/α-hetero) is 1. The number of hydrogen-bond acceptors (Lipinski definition) is 3. The largest absolute Gasteiger partial charge is 0.491 e. The average Bonchev–Trinajstić information content (AvgIpc) is 2.28. The van der Waals surface area contributed by atoms with E-state index in [1.165, 1.54) is 0 Å². The van der Waals surface area contributed by atoms with E-state index in [1.54, 1.807) is 25.1 Å². The van der Waals surface area contributed by atoms with E-state index in [0.29, 0.717) is 18.8 Å². The van der Waals surface area contributed by atoms with E-state index in [-0.39, 0.29) is 5.78 Å². The summed E-state index contributed by atoms with van der Waals surface area (Å²) in [5.41, 5.74) is 0.666. The number of benzene rings is 1. The van der Waals surface area contributed by atoms with Gasteiger partial charge in [-0.25, -0.2) is 0 Å². The molecule has 0 heterocycles. The number of halogens is 1. The number of ketones is 1. The molecule has 0 aliphatic carbocycles. The van der Waals surface area contributed by atoms with E-state index in [1.807, 2.05) is 0 Å². The van der Waals surface area contributed by atoms with Crippen molar-refractivity contribution in [3.63, 3.8) is 0 Å². The van der Waals surface area contributed by atoms with Crippen LogP contribution in [-0.4, -0.2) is 25.6 Å². The molecule has 0 aliphatic heterocycles. The average molecular weight is 301 g/mol. The van der Waals surface area contributed by atoms with Crippen molar-refractivity contribution in [2.24, 2.45) is 0 Å². The molecular weight excluding hydrogens is 284 g/mol. The maximum Gasteiger partial charge on any atom is 0.160 e. The second-order valence-corrected chi connectivity index (χ2v) is 4.51. The summed E-state index contributed by atoms with van der Waals surface area (Å²) in [5.74, 6) is 0.775. The smallest absolute Gasteiger partial charge is 0.160 e. The SMILES string of the molecule is CCCOCCOc1ccc(C(C)=O)c(Br)c1. The molecule has 0 amide bonds. The highest BCUT2D eigenvalue weighted by Gasteiger charge is 2.06. The molecule has 0 saturated carbocycles. The topological polar surface area (TPSA) is 35.5 Å². The summed E-state index contributed by atoms with van der Waals surface area (Å²) < 4.78 is 11.6. The number of hydrogen-bond donors (Lipinski definition) is 0. The zero-order valence-electron chi connectivity index (χ0n) is 10.2. The predicted octanol–water partition coefficient (Wildman–Crippen LogP) is 3.46. The summed E-state index contributed by atoms with van der Waals surface area (Å²) in [4.78, 5) is 11.2. The molecule has 0 radical (unpaired) electrons. The lowest BCUT2D eigenvalue weighted by Gasteiger charge is -2.08. The fraction of sp³-hybridized carbons (Fsp3) is 0.462. The van der Waals surface area contributed by atoms with Crippen molar-refractivity contribution in [3.8, 4) is 5.75 Å². The highest BCUT2D eigenvalue weighted by atomic mass is 79.9. The Balaban J connectivity index is 2.45. The number of carbonyl (C=O) groups is 1. The van der Waals surface area contributed by atoms with Crippen molar-refractivity contribution in [2.75, 3.05) is 19.8 Å². The van der Waals surface area contributed by atoms with E-state index in [9.17, 15) is 4.79 Å². The Labute approximate surface area is 110 Å². The highest BCUT2D eigenvalue weighted by Crippen LogP contribution is 2.23. The molecule has 94 valence electrons. The molecule has 0 aliphatic rings. The lowest BCUT2D eigenvalue weighted by molar-refractivity contribution is 0.100. The quantitative estimate of drug-likeness (QED) is 0.571. The molecule has 0 saturated heterocycles. The Morgan fingerprint density at radius 2 is 2.06 bits per heavy atom. The van der Waals surface area contributed by atoms with Crippen molar-refractivity contribution in [2.45, 2.75) is 20.3 Å². The minimum Gasteiger partial charge on any atom is -0.491 e. The van der Waals surface area contributed by atoms with E-state index in [4.69, 9.17) is 9.47 Å². The van der Waals surface area contributed by atoms with Gasteiger partial charge in [-0.15, -0.1) is 0 Å². The van der Waals surface area contributed by atoms with Gasteiger partial charge in [-0.1, -0.05) is 6.92 Å². The molecule has 17 heavy (non-hydrogen) atoms. The normalized spacial score (nSPS) is 10.3. The van der Waals surface area contributed by atoms with E-state index in [0.717, 1.165) is 23.2 Å². The molecule has 0 atom stereocenters. The van der Waals surface area contributed by atoms with Gasteiger partial charge in [-0.05, 0) is 47.5 Å². The van der Waals surface area contributed by atoms with E-state index >= 15 is 0 Å². The van der Waals surface area contributed by atoms with Gasteiger partial charge >= 0.3 is 0 Å². The first kappa shape index (κ1) is 14.2. The first-order valence-corrected chi connectivity index (χ1v) is 6.45. The molecule has 1 aromatic rings. The van der Waals surface area contributed by atoms with Gasteiger partial charge < -0.3 is 9.47 Å². The van der Waals surface area contributed by atoms with Gasteiger partial charge in [0.2, 0.25) is 0 Å². The summed E-state index contributed by atoms with van der Waals surface area (Å²) in [6.45, 7) is 5.47. The Bertz CT molecular complexity index is 377. The van der Waals surface area contributed by atoms with Crippen LogP contribution in [0.2, 0.25) is 0 Å². The van der Waals surface area contributed by atoms with Crippen LogP contribution in [0.1, 0.15) is 30.6 Å². The number of carbonyl (C=O) groups excluding carboxylic acids is 1. The lowest BCUT2D eigenvalue weighted by Crippen LogP contribution is -2.07. The molecule has 0 spiro atoms. The molecule has 1 rings (SSSR count). The lowest BCUT2D eigenvalue weighted by atomic mass is 10.1. The zero-order chi connectivity index (χ0) is 12.7. The van der Waals surface area contributed by atoms with Crippen LogP contribution in [0.5, 0.6) is 5.75 Å². The van der Waals surface area contributed by atoms with Gasteiger partial charge in [0, 0.05) is 16.6 Å². The van der Waals surface area contributed by atoms with Gasteiger partial charge in [0.1, 0.15) is 12.4 Å². The van der Waals surface area contributed by atoms with Crippen LogP contribution < -0.4 is 4.74 Å². The molecular formula is C13H17BrO3. The van der Waals surface area contributed by atoms with Crippen LogP contribution in [0.15, 0.2) is 22.7 Å². The molecule has 0 bridgehead atoms. The zero-order valence-corrected chi connectivity index (χ0v) is 11.7. The molecule has 0 fully saturated rings. The number of rotatable bonds is 7. The van der Waals surface area contributed by atoms with E-state index in [2.05, 4.69) is 22.9 Å². The van der Waals surface area contributed by atoms with Crippen molar-refractivity contribution in [3.05, 3.63) is 28.2 Å². The maximum atomic E-state index is 11.2. The molecule has 3 nitrogen and oxygen atoms in total. The maximum absolute atomic E-state index is 11.2. The van der Waals surface area contributed by atoms with Crippen LogP contribution in [0.4, 0.5) is 0 Å². The third-order valence-corrected chi connectivity index (χ3v) is 2.82. The third kappa shape index (κ3) is 4.88. The van der Waals surface area contributed by atoms with Crippen molar-refractivity contribution < 1.29 is 14.3 Å². The van der Waals surface area contributed by atoms with Gasteiger partial charge in [0.25, 0.3) is 0 Å². The Morgan fingerprint density at radius 1 is 1.29 bits per heavy atom. The number of ether oxygens (including phenoxy) is 2.